The molecule has 20 heavy (non-hydrogen) atoms. The van der Waals surface area contributed by atoms with E-state index in [1.54, 1.807) is 0 Å². The van der Waals surface area contributed by atoms with Crippen LogP contribution in [0.15, 0.2) is 23.1 Å². The fourth-order valence-corrected chi connectivity index (χ4v) is 5.30. The Kier molecular flexibility index (Phi) is 3.89. The summed E-state index contributed by atoms with van der Waals surface area (Å²) in [5.41, 5.74) is 0.421. The smallest absolute Gasteiger partial charge is 0.241 e. The van der Waals surface area contributed by atoms with E-state index in [2.05, 4.69) is 4.72 Å². The van der Waals surface area contributed by atoms with Gasteiger partial charge in [-0.05, 0) is 30.7 Å². The van der Waals surface area contributed by atoms with Crippen LogP contribution in [0.5, 0.6) is 0 Å². The second kappa shape index (κ2) is 5.06. The van der Waals surface area contributed by atoms with E-state index in [9.17, 15) is 26.3 Å². The summed E-state index contributed by atoms with van der Waals surface area (Å²) in [5, 5.41) is 9.56. The number of rotatable bonds is 3. The highest BCUT2D eigenvalue weighted by Crippen LogP contribution is 2.18. The van der Waals surface area contributed by atoms with Crippen molar-refractivity contribution in [2.24, 2.45) is 0 Å². The molecule has 112 valence electrons. The maximum absolute atomic E-state index is 13.2. The van der Waals surface area contributed by atoms with E-state index >= 15 is 0 Å². The van der Waals surface area contributed by atoms with Gasteiger partial charge in [0, 0.05) is 0 Å². The molecule has 1 aliphatic heterocycles. The summed E-state index contributed by atoms with van der Waals surface area (Å²) in [6, 6.07) is 2.16. The lowest BCUT2D eigenvalue weighted by Crippen LogP contribution is -2.42. The monoisotopic (exact) mass is 323 g/mol. The van der Waals surface area contributed by atoms with E-state index in [1.807, 2.05) is 0 Å². The van der Waals surface area contributed by atoms with E-state index in [1.165, 1.54) is 19.1 Å². The van der Waals surface area contributed by atoms with Crippen LogP contribution >= 0.6 is 0 Å². The molecule has 1 fully saturated rings. The first-order chi connectivity index (χ1) is 9.09. The van der Waals surface area contributed by atoms with Crippen molar-refractivity contribution in [1.29, 1.82) is 0 Å². The zero-order valence-electron chi connectivity index (χ0n) is 10.6. The molecule has 0 radical (unpaired) electrons. The van der Waals surface area contributed by atoms with Crippen molar-refractivity contribution in [2.45, 2.75) is 24.0 Å². The van der Waals surface area contributed by atoms with Gasteiger partial charge in [0.15, 0.2) is 9.84 Å². The number of nitrogens with one attached hydrogen (secondary N) is 1. The average Bonchev–Trinajstić information content (AvgIpc) is 2.49. The first-order valence-electron chi connectivity index (χ1n) is 5.77. The van der Waals surface area contributed by atoms with Crippen LogP contribution in [0.3, 0.4) is 0 Å². The summed E-state index contributed by atoms with van der Waals surface area (Å²) >= 11 is 0. The Morgan fingerprint density at radius 3 is 2.45 bits per heavy atom. The van der Waals surface area contributed by atoms with Crippen molar-refractivity contribution < 1.29 is 26.3 Å². The van der Waals surface area contributed by atoms with Gasteiger partial charge in [-0.2, -0.15) is 0 Å². The highest BCUT2D eigenvalue weighted by atomic mass is 32.2. The number of aryl methyl sites for hydroxylation is 1. The van der Waals surface area contributed by atoms with Crippen LogP contribution in [0.25, 0.3) is 0 Å². The molecular formula is C11H14FNO5S2. The second-order valence-corrected chi connectivity index (χ2v) is 8.70. The highest BCUT2D eigenvalue weighted by molar-refractivity contribution is 7.92. The number of hydrogen-bond donors (Lipinski definition) is 2. The Labute approximate surface area is 116 Å². The molecule has 0 saturated carbocycles. The number of hydrogen-bond acceptors (Lipinski definition) is 5. The Morgan fingerprint density at radius 1 is 1.30 bits per heavy atom. The van der Waals surface area contributed by atoms with Crippen LogP contribution in [0.2, 0.25) is 0 Å². The molecule has 1 aromatic rings. The van der Waals surface area contributed by atoms with Crippen molar-refractivity contribution in [1.82, 2.24) is 4.72 Å². The minimum Gasteiger partial charge on any atom is -0.390 e. The summed E-state index contributed by atoms with van der Waals surface area (Å²) in [6.07, 6.45) is -1.30. The van der Waals surface area contributed by atoms with Crippen LogP contribution in [0, 0.1) is 12.7 Å². The maximum atomic E-state index is 13.2. The molecule has 2 N–H and O–H groups in total. The van der Waals surface area contributed by atoms with Crippen molar-refractivity contribution >= 4 is 19.9 Å². The molecule has 0 unspecified atom stereocenters. The second-order valence-electron chi connectivity index (χ2n) is 4.84. The average molecular weight is 323 g/mol. The van der Waals surface area contributed by atoms with Crippen LogP contribution in [-0.2, 0) is 19.9 Å². The van der Waals surface area contributed by atoms with Gasteiger partial charge in [-0.25, -0.2) is 25.9 Å². The Hall–Kier alpha value is -1.03. The molecule has 9 heteroatoms. The number of sulfonamides is 1. The molecule has 0 aliphatic carbocycles. The minimum absolute atomic E-state index is 0.300. The van der Waals surface area contributed by atoms with E-state index in [0.717, 1.165) is 6.07 Å². The van der Waals surface area contributed by atoms with E-state index in [-0.39, 0.29) is 4.90 Å². The molecule has 6 nitrogen and oxygen atoms in total. The molecular weight excluding hydrogens is 309 g/mol. The van der Waals surface area contributed by atoms with Gasteiger partial charge in [0.1, 0.15) is 5.82 Å². The normalized spacial score (nSPS) is 25.8. The molecule has 0 amide bonds. The van der Waals surface area contributed by atoms with Gasteiger partial charge in [-0.15, -0.1) is 0 Å². The van der Waals surface area contributed by atoms with Gasteiger partial charge in [-0.3, -0.25) is 0 Å². The summed E-state index contributed by atoms with van der Waals surface area (Å²) in [4.78, 5) is -0.300. The summed E-state index contributed by atoms with van der Waals surface area (Å²) in [5.74, 6) is -1.66. The topological polar surface area (TPSA) is 101 Å². The van der Waals surface area contributed by atoms with Crippen LogP contribution in [0.4, 0.5) is 4.39 Å². The zero-order chi connectivity index (χ0) is 15.1. The van der Waals surface area contributed by atoms with Crippen LogP contribution in [-0.4, -0.2) is 45.6 Å². The molecule has 0 aromatic heterocycles. The summed E-state index contributed by atoms with van der Waals surface area (Å²) in [7, 11) is -7.55. The quantitative estimate of drug-likeness (QED) is 0.786. The lowest BCUT2D eigenvalue weighted by molar-refractivity contribution is 0.176. The van der Waals surface area contributed by atoms with Crippen molar-refractivity contribution in [2.75, 3.05) is 11.5 Å². The van der Waals surface area contributed by atoms with Gasteiger partial charge < -0.3 is 5.11 Å². The van der Waals surface area contributed by atoms with Gasteiger partial charge in [0.25, 0.3) is 0 Å². The Balaban J connectivity index is 2.28. The van der Waals surface area contributed by atoms with Gasteiger partial charge in [-0.1, -0.05) is 0 Å². The molecule has 0 bridgehead atoms. The highest BCUT2D eigenvalue weighted by Gasteiger charge is 2.39. The van der Waals surface area contributed by atoms with Crippen LogP contribution < -0.4 is 4.72 Å². The lowest BCUT2D eigenvalue weighted by Gasteiger charge is -2.15. The third-order valence-corrected chi connectivity index (χ3v) is 6.14. The lowest BCUT2D eigenvalue weighted by atomic mass is 10.2. The molecule has 1 aromatic carbocycles. The molecule has 1 aliphatic rings. The predicted octanol–water partition coefficient (Wildman–Crippen LogP) is -0.430. The maximum Gasteiger partial charge on any atom is 0.241 e. The summed E-state index contributed by atoms with van der Waals surface area (Å²) in [6.45, 7) is 1.54. The fraction of sp³-hybridized carbons (Fsp3) is 0.455. The van der Waals surface area contributed by atoms with E-state index in [0.29, 0.717) is 5.56 Å². The van der Waals surface area contributed by atoms with Crippen molar-refractivity contribution in [3.63, 3.8) is 0 Å². The Bertz CT molecular complexity index is 709. The molecule has 1 heterocycles. The van der Waals surface area contributed by atoms with Crippen LogP contribution in [0.1, 0.15) is 5.56 Å². The number of sulfone groups is 1. The molecule has 1 saturated heterocycles. The number of halogens is 1. The first-order valence-corrected chi connectivity index (χ1v) is 9.07. The number of aliphatic hydroxyl groups is 1. The molecule has 0 spiro atoms. The van der Waals surface area contributed by atoms with Gasteiger partial charge in [0.05, 0.1) is 28.5 Å². The van der Waals surface area contributed by atoms with Crippen molar-refractivity contribution in [3.05, 3.63) is 29.6 Å². The third-order valence-electron chi connectivity index (χ3n) is 2.96. The third kappa shape index (κ3) is 3.35. The fourth-order valence-electron chi connectivity index (χ4n) is 2.07. The standard InChI is InChI=1S/C11H14FNO5S2/c1-7-2-8(12)4-9(3-7)20(17,18)13-10-5-19(15,16)6-11(10)14/h2-4,10-11,13-14H,5-6H2,1H3/t10-,11-/m1/s1. The largest absolute Gasteiger partial charge is 0.390 e. The number of aliphatic hydroxyl groups excluding tert-OH is 1. The zero-order valence-corrected chi connectivity index (χ0v) is 12.2. The molecule has 2 rings (SSSR count). The van der Waals surface area contributed by atoms with Gasteiger partial charge in [0.2, 0.25) is 10.0 Å². The van der Waals surface area contributed by atoms with Gasteiger partial charge >= 0.3 is 0 Å². The SMILES string of the molecule is Cc1cc(F)cc(S(=O)(=O)N[C@@H]2CS(=O)(=O)C[C@H]2O)c1. The number of benzene rings is 1. The molecule has 2 atom stereocenters. The van der Waals surface area contributed by atoms with Crippen molar-refractivity contribution in [3.8, 4) is 0 Å². The minimum atomic E-state index is -4.09. The Morgan fingerprint density at radius 2 is 1.95 bits per heavy atom. The summed E-state index contributed by atoms with van der Waals surface area (Å²) < 4.78 is 62.1. The predicted molar refractivity (Wildman–Crippen MR) is 69.9 cm³/mol. The van der Waals surface area contributed by atoms with E-state index < -0.39 is 49.3 Å². The first kappa shape index (κ1) is 15.4. The van der Waals surface area contributed by atoms with E-state index in [4.69, 9.17) is 0 Å².